The Morgan fingerprint density at radius 1 is 1.00 bits per heavy atom. The van der Waals surface area contributed by atoms with Gasteiger partial charge in [-0.2, -0.15) is 4.98 Å². The lowest BCUT2D eigenvalue weighted by Crippen LogP contribution is -2.04. The van der Waals surface area contributed by atoms with Gasteiger partial charge >= 0.3 is 0 Å². The summed E-state index contributed by atoms with van der Waals surface area (Å²) in [5.41, 5.74) is 8.67. The Hall–Kier alpha value is -3.28. The number of anilines is 3. The Kier molecular flexibility index (Phi) is 4.99. The third kappa shape index (κ3) is 3.63. The second-order valence-corrected chi connectivity index (χ2v) is 5.33. The monoisotopic (exact) mass is 336 g/mol. The van der Waals surface area contributed by atoms with E-state index in [1.807, 2.05) is 36.4 Å². The van der Waals surface area contributed by atoms with Gasteiger partial charge in [-0.05, 0) is 30.2 Å². The second-order valence-electron chi connectivity index (χ2n) is 5.33. The lowest BCUT2D eigenvalue weighted by molar-refractivity contribution is 0.374. The summed E-state index contributed by atoms with van der Waals surface area (Å²) in [6.07, 6.45) is 2.32. The van der Waals surface area contributed by atoms with Crippen LogP contribution in [0.3, 0.4) is 0 Å². The van der Waals surface area contributed by atoms with Crippen molar-refractivity contribution >= 4 is 17.2 Å². The van der Waals surface area contributed by atoms with Crippen LogP contribution in [0.1, 0.15) is 12.5 Å². The molecular formula is C19H20N4O2. The molecule has 0 saturated carbocycles. The van der Waals surface area contributed by atoms with Crippen LogP contribution in [-0.2, 0) is 6.42 Å². The Morgan fingerprint density at radius 3 is 2.48 bits per heavy atom. The van der Waals surface area contributed by atoms with Crippen molar-refractivity contribution in [3.63, 3.8) is 0 Å². The van der Waals surface area contributed by atoms with Gasteiger partial charge in [-0.1, -0.05) is 37.3 Å². The van der Waals surface area contributed by atoms with E-state index in [0.717, 1.165) is 12.1 Å². The van der Waals surface area contributed by atoms with E-state index >= 15 is 0 Å². The number of nitrogens with two attached hydrogens (primary N) is 1. The summed E-state index contributed by atoms with van der Waals surface area (Å²) in [5.74, 6) is 1.92. The molecule has 2 aromatic carbocycles. The van der Waals surface area contributed by atoms with E-state index in [9.17, 15) is 0 Å². The van der Waals surface area contributed by atoms with Crippen molar-refractivity contribution in [2.45, 2.75) is 13.3 Å². The van der Waals surface area contributed by atoms with Gasteiger partial charge in [-0.15, -0.1) is 0 Å². The first kappa shape index (κ1) is 16.6. The fourth-order valence-corrected chi connectivity index (χ4v) is 2.45. The molecule has 0 bridgehead atoms. The largest absolute Gasteiger partial charge is 0.493 e. The predicted molar refractivity (Wildman–Crippen MR) is 98.6 cm³/mol. The molecular weight excluding hydrogens is 316 g/mol. The van der Waals surface area contributed by atoms with Gasteiger partial charge in [0.15, 0.2) is 17.3 Å². The number of nitrogens with one attached hydrogen (secondary N) is 1. The molecule has 0 atom stereocenters. The van der Waals surface area contributed by atoms with Crippen molar-refractivity contribution < 1.29 is 9.47 Å². The number of nitrogens with zero attached hydrogens (tertiary/aromatic N) is 2. The molecule has 0 radical (unpaired) electrons. The van der Waals surface area contributed by atoms with E-state index in [0.29, 0.717) is 23.0 Å². The molecule has 0 saturated heterocycles. The molecule has 0 unspecified atom stereocenters. The van der Waals surface area contributed by atoms with E-state index in [1.54, 1.807) is 13.2 Å². The topological polar surface area (TPSA) is 82.3 Å². The highest BCUT2D eigenvalue weighted by Gasteiger charge is 2.13. The lowest BCUT2D eigenvalue weighted by atomic mass is 10.1. The number of aromatic nitrogens is 2. The molecule has 3 aromatic rings. The fraction of sp³-hybridized carbons (Fsp3) is 0.158. The maximum atomic E-state index is 6.21. The summed E-state index contributed by atoms with van der Waals surface area (Å²) in [4.78, 5) is 8.38. The van der Waals surface area contributed by atoms with Crippen LogP contribution in [0.2, 0.25) is 0 Å². The Bertz CT molecular complexity index is 800. The van der Waals surface area contributed by atoms with Gasteiger partial charge < -0.3 is 20.5 Å². The first-order chi connectivity index (χ1) is 12.2. The van der Waals surface area contributed by atoms with Crippen LogP contribution in [-0.4, -0.2) is 17.1 Å². The van der Waals surface area contributed by atoms with E-state index in [1.165, 1.54) is 11.9 Å². The molecule has 25 heavy (non-hydrogen) atoms. The SMILES string of the molecule is CCc1ccccc1Nc1ncnc(Oc2ccccc2OC)c1N. The number of hydrogen-bond acceptors (Lipinski definition) is 6. The highest BCUT2D eigenvalue weighted by Crippen LogP contribution is 2.35. The summed E-state index contributed by atoms with van der Waals surface area (Å²) < 4.78 is 11.1. The fourth-order valence-electron chi connectivity index (χ4n) is 2.45. The summed E-state index contributed by atoms with van der Waals surface area (Å²) in [5, 5.41) is 3.26. The number of benzene rings is 2. The van der Waals surface area contributed by atoms with Gasteiger partial charge in [-0.25, -0.2) is 4.98 Å². The highest BCUT2D eigenvalue weighted by molar-refractivity contribution is 5.73. The molecule has 3 N–H and O–H groups in total. The number of rotatable bonds is 6. The van der Waals surface area contributed by atoms with E-state index < -0.39 is 0 Å². The lowest BCUT2D eigenvalue weighted by Gasteiger charge is -2.14. The predicted octanol–water partition coefficient (Wildman–Crippen LogP) is 4.17. The maximum Gasteiger partial charge on any atom is 0.248 e. The molecule has 6 heteroatoms. The first-order valence-electron chi connectivity index (χ1n) is 7.99. The van der Waals surface area contributed by atoms with Crippen LogP contribution in [0.4, 0.5) is 17.2 Å². The van der Waals surface area contributed by atoms with Gasteiger partial charge in [0.1, 0.15) is 12.0 Å². The third-order valence-electron chi connectivity index (χ3n) is 3.77. The first-order valence-corrected chi connectivity index (χ1v) is 7.99. The van der Waals surface area contributed by atoms with Crippen molar-refractivity contribution in [1.29, 1.82) is 0 Å². The molecule has 1 heterocycles. The van der Waals surface area contributed by atoms with Crippen LogP contribution in [0, 0.1) is 0 Å². The van der Waals surface area contributed by atoms with Gasteiger partial charge in [0.05, 0.1) is 7.11 Å². The summed E-state index contributed by atoms with van der Waals surface area (Å²) in [7, 11) is 1.58. The smallest absolute Gasteiger partial charge is 0.248 e. The third-order valence-corrected chi connectivity index (χ3v) is 3.77. The average molecular weight is 336 g/mol. The number of methoxy groups -OCH3 is 1. The Labute approximate surface area is 146 Å². The number of para-hydroxylation sites is 3. The van der Waals surface area contributed by atoms with Crippen LogP contribution in [0.5, 0.6) is 17.4 Å². The Balaban J connectivity index is 1.90. The standard InChI is InChI=1S/C19H20N4O2/c1-3-13-8-4-5-9-14(13)23-18-17(20)19(22-12-21-18)25-16-11-7-6-10-15(16)24-2/h4-12H,3,20H2,1-2H3,(H,21,22,23). The normalized spacial score (nSPS) is 10.3. The van der Waals surface area contributed by atoms with Gasteiger partial charge in [0, 0.05) is 5.69 Å². The van der Waals surface area contributed by atoms with Crippen LogP contribution in [0.15, 0.2) is 54.9 Å². The minimum absolute atomic E-state index is 0.274. The number of ether oxygens (including phenoxy) is 2. The Morgan fingerprint density at radius 2 is 1.72 bits per heavy atom. The van der Waals surface area contributed by atoms with Crippen LogP contribution >= 0.6 is 0 Å². The molecule has 0 spiro atoms. The highest BCUT2D eigenvalue weighted by atomic mass is 16.5. The summed E-state index contributed by atoms with van der Waals surface area (Å²) >= 11 is 0. The number of aryl methyl sites for hydroxylation is 1. The van der Waals surface area contributed by atoms with Crippen molar-refractivity contribution in [2.24, 2.45) is 0 Å². The number of hydrogen-bond donors (Lipinski definition) is 2. The molecule has 0 fully saturated rings. The molecule has 3 rings (SSSR count). The number of nitrogen functional groups attached to an aromatic ring is 1. The quantitative estimate of drug-likeness (QED) is 0.703. The van der Waals surface area contributed by atoms with Crippen molar-refractivity contribution in [2.75, 3.05) is 18.2 Å². The van der Waals surface area contributed by atoms with Crippen LogP contribution < -0.4 is 20.5 Å². The van der Waals surface area contributed by atoms with Gasteiger partial charge in [0.25, 0.3) is 0 Å². The molecule has 0 aliphatic rings. The zero-order valence-corrected chi connectivity index (χ0v) is 14.2. The van der Waals surface area contributed by atoms with Crippen LogP contribution in [0.25, 0.3) is 0 Å². The van der Waals surface area contributed by atoms with Crippen molar-refractivity contribution in [3.8, 4) is 17.4 Å². The van der Waals surface area contributed by atoms with E-state index in [-0.39, 0.29) is 5.88 Å². The molecule has 0 aliphatic carbocycles. The zero-order valence-electron chi connectivity index (χ0n) is 14.2. The molecule has 0 amide bonds. The van der Waals surface area contributed by atoms with Crippen molar-refractivity contribution in [3.05, 3.63) is 60.4 Å². The van der Waals surface area contributed by atoms with E-state index in [4.69, 9.17) is 15.2 Å². The van der Waals surface area contributed by atoms with Crippen molar-refractivity contribution in [1.82, 2.24) is 9.97 Å². The molecule has 128 valence electrons. The molecule has 1 aromatic heterocycles. The maximum absolute atomic E-state index is 6.21. The summed E-state index contributed by atoms with van der Waals surface area (Å²) in [6, 6.07) is 15.3. The minimum Gasteiger partial charge on any atom is -0.493 e. The second kappa shape index (κ2) is 7.53. The summed E-state index contributed by atoms with van der Waals surface area (Å²) in [6.45, 7) is 2.10. The average Bonchev–Trinajstić information content (AvgIpc) is 2.66. The minimum atomic E-state index is 0.274. The zero-order chi connectivity index (χ0) is 17.6. The molecule has 0 aliphatic heterocycles. The van der Waals surface area contributed by atoms with E-state index in [2.05, 4.69) is 28.3 Å². The van der Waals surface area contributed by atoms with Gasteiger partial charge in [-0.3, -0.25) is 0 Å². The molecule has 6 nitrogen and oxygen atoms in total. The van der Waals surface area contributed by atoms with Gasteiger partial charge in [0.2, 0.25) is 5.88 Å².